The van der Waals surface area contributed by atoms with E-state index in [-0.39, 0.29) is 17.8 Å². The number of rotatable bonds is 3. The van der Waals surface area contributed by atoms with Crippen LogP contribution in [0.25, 0.3) is 10.8 Å². The van der Waals surface area contributed by atoms with Gasteiger partial charge in [-0.15, -0.1) is 0 Å². The predicted octanol–water partition coefficient (Wildman–Crippen LogP) is 4.31. The number of esters is 2. The molecule has 2 aliphatic rings. The minimum atomic E-state index is -0.490. The fraction of sp³-hybridized carbons (Fsp3) is 0.238. The van der Waals surface area contributed by atoms with Crippen LogP contribution in [0.4, 0.5) is 0 Å². The van der Waals surface area contributed by atoms with Gasteiger partial charge in [-0.1, -0.05) is 36.4 Å². The maximum absolute atomic E-state index is 11.9. The summed E-state index contributed by atoms with van der Waals surface area (Å²) in [7, 11) is 0. The Morgan fingerprint density at radius 1 is 1.08 bits per heavy atom. The second kappa shape index (κ2) is 5.59. The molecule has 2 unspecified atom stereocenters. The number of benzene rings is 2. The highest BCUT2D eigenvalue weighted by Crippen LogP contribution is 2.58. The maximum atomic E-state index is 11.9. The first-order chi connectivity index (χ1) is 12.0. The average Bonchev–Trinajstić information content (AvgIpc) is 3.18. The van der Waals surface area contributed by atoms with Crippen molar-refractivity contribution in [1.82, 2.24) is 0 Å². The number of hydrogen-bond donors (Lipinski definition) is 0. The van der Waals surface area contributed by atoms with Gasteiger partial charge in [0, 0.05) is 46.7 Å². The molecule has 2 aromatic rings. The zero-order valence-electron chi connectivity index (χ0n) is 14.2. The molecule has 0 heterocycles. The van der Waals surface area contributed by atoms with Gasteiger partial charge in [0.2, 0.25) is 0 Å². The molecule has 4 rings (SSSR count). The molecule has 0 saturated carbocycles. The van der Waals surface area contributed by atoms with Crippen molar-refractivity contribution in [2.75, 3.05) is 0 Å². The molecule has 0 amide bonds. The maximum Gasteiger partial charge on any atom is 0.335 e. The molecule has 126 valence electrons. The Hall–Kier alpha value is -2.88. The summed E-state index contributed by atoms with van der Waals surface area (Å²) in [6, 6.07) is 5.84. The zero-order chi connectivity index (χ0) is 17.7. The number of ether oxygens (including phenoxy) is 2. The van der Waals surface area contributed by atoms with Crippen LogP contribution in [0.1, 0.15) is 41.9 Å². The molecule has 0 spiro atoms. The Morgan fingerprint density at radius 3 is 2.32 bits per heavy atom. The number of fused-ring (bicyclic) bond motifs is 6. The van der Waals surface area contributed by atoms with Crippen molar-refractivity contribution in [3.63, 3.8) is 0 Å². The standard InChI is InChI=1S/C21H18O4/c1-4-17(23)25-20-15-8-5-11(2)9-16(15)21(24-12(3)22)19-14-7-6-13(10-14)18(19)20/h4-9,13-14H,1,10H2,2-3H3. The van der Waals surface area contributed by atoms with Crippen molar-refractivity contribution in [2.24, 2.45) is 0 Å². The summed E-state index contributed by atoms with van der Waals surface area (Å²) in [5.74, 6) is 0.663. The van der Waals surface area contributed by atoms with Gasteiger partial charge in [0.05, 0.1) is 0 Å². The Labute approximate surface area is 145 Å². The molecule has 0 saturated heterocycles. The van der Waals surface area contributed by atoms with Crippen LogP contribution in [0.15, 0.2) is 43.0 Å². The molecule has 2 atom stereocenters. The van der Waals surface area contributed by atoms with E-state index in [1.165, 1.54) is 6.92 Å². The second-order valence-electron chi connectivity index (χ2n) is 6.59. The summed E-state index contributed by atoms with van der Waals surface area (Å²) in [5.41, 5.74) is 2.96. The normalized spacial score (nSPS) is 19.8. The van der Waals surface area contributed by atoms with E-state index in [0.29, 0.717) is 11.5 Å². The lowest BCUT2D eigenvalue weighted by Gasteiger charge is -2.21. The van der Waals surface area contributed by atoms with Crippen LogP contribution in [0.3, 0.4) is 0 Å². The third-order valence-corrected chi connectivity index (χ3v) is 4.88. The van der Waals surface area contributed by atoms with Crippen molar-refractivity contribution in [3.8, 4) is 11.5 Å². The molecule has 4 heteroatoms. The van der Waals surface area contributed by atoms with Crippen LogP contribution in [-0.2, 0) is 9.59 Å². The van der Waals surface area contributed by atoms with Gasteiger partial charge in [0.25, 0.3) is 0 Å². The Morgan fingerprint density at radius 2 is 1.72 bits per heavy atom. The van der Waals surface area contributed by atoms with Crippen molar-refractivity contribution >= 4 is 22.7 Å². The predicted molar refractivity (Wildman–Crippen MR) is 95.1 cm³/mol. The summed E-state index contributed by atoms with van der Waals surface area (Å²) < 4.78 is 11.3. The molecule has 0 aromatic heterocycles. The molecule has 0 radical (unpaired) electrons. The number of carbonyl (C=O) groups excluding carboxylic acids is 2. The van der Waals surface area contributed by atoms with Crippen LogP contribution in [0.5, 0.6) is 11.5 Å². The molecule has 4 nitrogen and oxygen atoms in total. The molecule has 25 heavy (non-hydrogen) atoms. The van der Waals surface area contributed by atoms with Crippen molar-refractivity contribution in [1.29, 1.82) is 0 Å². The van der Waals surface area contributed by atoms with Gasteiger partial charge in [0.15, 0.2) is 0 Å². The van der Waals surface area contributed by atoms with E-state index in [4.69, 9.17) is 9.47 Å². The van der Waals surface area contributed by atoms with Crippen LogP contribution in [0, 0.1) is 6.92 Å². The number of hydrogen-bond acceptors (Lipinski definition) is 4. The van der Waals surface area contributed by atoms with Gasteiger partial charge in [-0.05, 0) is 19.4 Å². The van der Waals surface area contributed by atoms with E-state index in [1.54, 1.807) is 0 Å². The summed E-state index contributed by atoms with van der Waals surface area (Å²) in [6.45, 7) is 6.87. The topological polar surface area (TPSA) is 52.6 Å². The van der Waals surface area contributed by atoms with E-state index in [0.717, 1.165) is 40.0 Å². The van der Waals surface area contributed by atoms with Gasteiger partial charge < -0.3 is 9.47 Å². The van der Waals surface area contributed by atoms with Gasteiger partial charge in [-0.2, -0.15) is 0 Å². The fourth-order valence-electron chi connectivity index (χ4n) is 3.95. The zero-order valence-corrected chi connectivity index (χ0v) is 14.2. The minimum Gasteiger partial charge on any atom is -0.426 e. The van der Waals surface area contributed by atoms with Crippen LogP contribution >= 0.6 is 0 Å². The van der Waals surface area contributed by atoms with Gasteiger partial charge in [-0.25, -0.2) is 4.79 Å². The third-order valence-electron chi connectivity index (χ3n) is 4.88. The molecule has 0 fully saturated rings. The second-order valence-corrected chi connectivity index (χ2v) is 6.59. The number of allylic oxidation sites excluding steroid dienone is 2. The highest BCUT2D eigenvalue weighted by Gasteiger charge is 2.40. The molecule has 2 aromatic carbocycles. The molecular weight excluding hydrogens is 316 g/mol. The average molecular weight is 334 g/mol. The first kappa shape index (κ1) is 15.6. The summed E-state index contributed by atoms with van der Waals surface area (Å²) in [5, 5.41) is 1.57. The first-order valence-corrected chi connectivity index (χ1v) is 8.30. The van der Waals surface area contributed by atoms with Crippen LogP contribution < -0.4 is 9.47 Å². The van der Waals surface area contributed by atoms with E-state index in [1.807, 2.05) is 25.1 Å². The van der Waals surface area contributed by atoms with Gasteiger partial charge in [0.1, 0.15) is 11.5 Å². The monoisotopic (exact) mass is 334 g/mol. The smallest absolute Gasteiger partial charge is 0.335 e. The third kappa shape index (κ3) is 2.37. The lowest BCUT2D eigenvalue weighted by Crippen LogP contribution is -2.11. The highest BCUT2D eigenvalue weighted by molar-refractivity contribution is 6.01. The Kier molecular flexibility index (Phi) is 3.49. The molecular formula is C21H18O4. The Bertz CT molecular complexity index is 968. The molecule has 2 bridgehead atoms. The van der Waals surface area contributed by atoms with Crippen molar-refractivity contribution < 1.29 is 19.1 Å². The largest absolute Gasteiger partial charge is 0.426 e. The van der Waals surface area contributed by atoms with Gasteiger partial charge in [-0.3, -0.25) is 4.79 Å². The SMILES string of the molecule is C=CC(=O)Oc1c2c(c(OC(C)=O)c3cc(C)ccc13)C1C=CC2C1. The first-order valence-electron chi connectivity index (χ1n) is 8.30. The molecule has 0 aliphatic heterocycles. The van der Waals surface area contributed by atoms with Gasteiger partial charge >= 0.3 is 11.9 Å². The lowest BCUT2D eigenvalue weighted by molar-refractivity contribution is -0.132. The summed E-state index contributed by atoms with van der Waals surface area (Å²) in [4.78, 5) is 23.6. The van der Waals surface area contributed by atoms with E-state index in [2.05, 4.69) is 18.7 Å². The van der Waals surface area contributed by atoms with Crippen LogP contribution in [-0.4, -0.2) is 11.9 Å². The molecule has 0 N–H and O–H groups in total. The minimum absolute atomic E-state index is 0.174. The van der Waals surface area contributed by atoms with Crippen molar-refractivity contribution in [2.45, 2.75) is 32.1 Å². The summed E-state index contributed by atoms with van der Waals surface area (Å²) in [6.07, 6.45) is 6.35. The molecule has 2 aliphatic carbocycles. The summed E-state index contributed by atoms with van der Waals surface area (Å²) >= 11 is 0. The Balaban J connectivity index is 2.08. The van der Waals surface area contributed by atoms with Crippen LogP contribution in [0.2, 0.25) is 0 Å². The quantitative estimate of drug-likeness (QED) is 0.363. The number of aryl methyl sites for hydroxylation is 1. The van der Waals surface area contributed by atoms with Crippen molar-refractivity contribution in [3.05, 3.63) is 59.7 Å². The van der Waals surface area contributed by atoms with E-state index >= 15 is 0 Å². The van der Waals surface area contributed by atoms with E-state index in [9.17, 15) is 9.59 Å². The fourth-order valence-corrected chi connectivity index (χ4v) is 3.95. The lowest BCUT2D eigenvalue weighted by atomic mass is 9.90. The van der Waals surface area contributed by atoms with E-state index < -0.39 is 5.97 Å². The number of carbonyl (C=O) groups is 2. The highest BCUT2D eigenvalue weighted by atomic mass is 16.5.